The number of hydrogen-bond donors (Lipinski definition) is 2. The van der Waals surface area contributed by atoms with Gasteiger partial charge in [0.15, 0.2) is 11.5 Å². The minimum absolute atomic E-state index is 0.187. The number of methoxy groups -OCH3 is 1. The standard InChI is InChI=1S/C13H21NO2S/c1-4-11(9-17-3)14-8-10-5-6-12(15)13(7-10)16-2/h5-7,11,14-15H,4,8-9H2,1-3H3. The highest BCUT2D eigenvalue weighted by Crippen LogP contribution is 2.26. The number of hydrogen-bond acceptors (Lipinski definition) is 4. The third kappa shape index (κ3) is 4.48. The van der Waals surface area contributed by atoms with Gasteiger partial charge < -0.3 is 15.2 Å². The van der Waals surface area contributed by atoms with Crippen LogP contribution in [-0.2, 0) is 6.54 Å². The van der Waals surface area contributed by atoms with E-state index in [-0.39, 0.29) is 5.75 Å². The summed E-state index contributed by atoms with van der Waals surface area (Å²) in [5, 5.41) is 13.0. The molecule has 0 saturated heterocycles. The minimum Gasteiger partial charge on any atom is -0.504 e. The first-order valence-corrected chi connectivity index (χ1v) is 7.18. The smallest absolute Gasteiger partial charge is 0.160 e. The van der Waals surface area contributed by atoms with Crippen LogP contribution in [0.3, 0.4) is 0 Å². The molecular formula is C13H21NO2S. The number of ether oxygens (including phenoxy) is 1. The highest BCUT2D eigenvalue weighted by atomic mass is 32.2. The number of thioether (sulfide) groups is 1. The minimum atomic E-state index is 0.187. The fourth-order valence-corrected chi connectivity index (χ4v) is 2.37. The largest absolute Gasteiger partial charge is 0.504 e. The molecule has 1 aromatic rings. The highest BCUT2D eigenvalue weighted by Gasteiger charge is 2.06. The summed E-state index contributed by atoms with van der Waals surface area (Å²) in [7, 11) is 1.56. The van der Waals surface area contributed by atoms with Crippen molar-refractivity contribution in [2.45, 2.75) is 25.9 Å². The summed E-state index contributed by atoms with van der Waals surface area (Å²) < 4.78 is 5.08. The maximum atomic E-state index is 9.49. The van der Waals surface area contributed by atoms with E-state index in [1.165, 1.54) is 0 Å². The lowest BCUT2D eigenvalue weighted by atomic mass is 10.2. The van der Waals surface area contributed by atoms with Gasteiger partial charge in [-0.1, -0.05) is 13.0 Å². The van der Waals surface area contributed by atoms with Crippen molar-refractivity contribution in [1.29, 1.82) is 0 Å². The van der Waals surface area contributed by atoms with E-state index < -0.39 is 0 Å². The van der Waals surface area contributed by atoms with E-state index in [1.54, 1.807) is 13.2 Å². The molecule has 4 heteroatoms. The first-order chi connectivity index (χ1) is 8.21. The number of rotatable bonds is 7. The average molecular weight is 255 g/mol. The molecule has 0 heterocycles. The summed E-state index contributed by atoms with van der Waals surface area (Å²) in [6, 6.07) is 5.99. The van der Waals surface area contributed by atoms with Crippen molar-refractivity contribution in [3.05, 3.63) is 23.8 Å². The van der Waals surface area contributed by atoms with Crippen LogP contribution < -0.4 is 10.1 Å². The van der Waals surface area contributed by atoms with Gasteiger partial charge in [0.25, 0.3) is 0 Å². The van der Waals surface area contributed by atoms with E-state index in [4.69, 9.17) is 4.74 Å². The predicted octanol–water partition coefficient (Wildman–Crippen LogP) is 2.63. The van der Waals surface area contributed by atoms with E-state index in [1.807, 2.05) is 23.9 Å². The van der Waals surface area contributed by atoms with Crippen molar-refractivity contribution in [1.82, 2.24) is 5.32 Å². The van der Waals surface area contributed by atoms with Crippen LogP contribution in [0.1, 0.15) is 18.9 Å². The summed E-state index contributed by atoms with van der Waals surface area (Å²) in [5.74, 6) is 1.83. The molecule has 3 nitrogen and oxygen atoms in total. The van der Waals surface area contributed by atoms with Gasteiger partial charge in [0.1, 0.15) is 0 Å². The third-order valence-electron chi connectivity index (χ3n) is 2.70. The maximum Gasteiger partial charge on any atom is 0.160 e. The summed E-state index contributed by atoms with van der Waals surface area (Å²) in [6.45, 7) is 2.99. The highest BCUT2D eigenvalue weighted by molar-refractivity contribution is 7.98. The number of phenols is 1. The van der Waals surface area contributed by atoms with Crippen molar-refractivity contribution in [3.63, 3.8) is 0 Å². The van der Waals surface area contributed by atoms with Crippen molar-refractivity contribution in [2.75, 3.05) is 19.1 Å². The molecule has 0 fully saturated rings. The monoisotopic (exact) mass is 255 g/mol. The second-order valence-electron chi connectivity index (χ2n) is 3.95. The molecule has 1 rings (SSSR count). The van der Waals surface area contributed by atoms with Gasteiger partial charge in [-0.05, 0) is 30.4 Å². The Kier molecular flexibility index (Phi) is 6.22. The Labute approximate surface area is 108 Å². The molecule has 17 heavy (non-hydrogen) atoms. The van der Waals surface area contributed by atoms with Gasteiger partial charge in [-0.2, -0.15) is 11.8 Å². The van der Waals surface area contributed by atoms with Gasteiger partial charge in [0.05, 0.1) is 7.11 Å². The second kappa shape index (κ2) is 7.45. The van der Waals surface area contributed by atoms with Crippen LogP contribution in [0.4, 0.5) is 0 Å². The zero-order chi connectivity index (χ0) is 12.7. The maximum absolute atomic E-state index is 9.49. The van der Waals surface area contributed by atoms with E-state index in [2.05, 4.69) is 18.5 Å². The summed E-state index contributed by atoms with van der Waals surface area (Å²) in [4.78, 5) is 0. The van der Waals surface area contributed by atoms with Crippen LogP contribution in [0.25, 0.3) is 0 Å². The van der Waals surface area contributed by atoms with Crippen molar-refractivity contribution < 1.29 is 9.84 Å². The Morgan fingerprint density at radius 1 is 1.47 bits per heavy atom. The summed E-state index contributed by atoms with van der Waals surface area (Å²) in [5.41, 5.74) is 1.12. The molecule has 1 atom stereocenters. The van der Waals surface area contributed by atoms with Crippen LogP contribution in [-0.4, -0.2) is 30.3 Å². The molecule has 0 radical (unpaired) electrons. The Bertz CT molecular complexity index is 344. The number of benzene rings is 1. The van der Waals surface area contributed by atoms with Crippen molar-refractivity contribution in [2.24, 2.45) is 0 Å². The zero-order valence-electron chi connectivity index (χ0n) is 10.7. The zero-order valence-corrected chi connectivity index (χ0v) is 11.5. The molecule has 0 aromatic heterocycles. The SMILES string of the molecule is CCC(CSC)NCc1ccc(O)c(OC)c1. The molecule has 96 valence electrons. The first kappa shape index (κ1) is 14.2. The quantitative estimate of drug-likeness (QED) is 0.786. The molecule has 0 amide bonds. The van der Waals surface area contributed by atoms with Gasteiger partial charge in [-0.15, -0.1) is 0 Å². The van der Waals surface area contributed by atoms with Gasteiger partial charge in [0, 0.05) is 18.3 Å². The number of nitrogens with one attached hydrogen (secondary N) is 1. The topological polar surface area (TPSA) is 41.5 Å². The Morgan fingerprint density at radius 2 is 2.24 bits per heavy atom. The van der Waals surface area contributed by atoms with E-state index in [9.17, 15) is 5.11 Å². The fraction of sp³-hybridized carbons (Fsp3) is 0.538. The number of phenolic OH excluding ortho intramolecular Hbond substituents is 1. The predicted molar refractivity (Wildman–Crippen MR) is 74.0 cm³/mol. The molecular weight excluding hydrogens is 234 g/mol. The Morgan fingerprint density at radius 3 is 2.82 bits per heavy atom. The normalized spacial score (nSPS) is 12.4. The van der Waals surface area contributed by atoms with Crippen LogP contribution in [0.5, 0.6) is 11.5 Å². The molecule has 1 aromatic carbocycles. The molecule has 2 N–H and O–H groups in total. The van der Waals surface area contributed by atoms with Gasteiger partial charge in [0.2, 0.25) is 0 Å². The second-order valence-corrected chi connectivity index (χ2v) is 4.86. The molecule has 0 aliphatic heterocycles. The molecule has 1 unspecified atom stereocenters. The molecule has 0 spiro atoms. The van der Waals surface area contributed by atoms with E-state index in [0.717, 1.165) is 24.3 Å². The van der Waals surface area contributed by atoms with Gasteiger partial charge in [-0.25, -0.2) is 0 Å². The van der Waals surface area contributed by atoms with Gasteiger partial charge >= 0.3 is 0 Å². The molecule has 0 saturated carbocycles. The average Bonchev–Trinajstić information content (AvgIpc) is 2.36. The van der Waals surface area contributed by atoms with Crippen LogP contribution in [0.2, 0.25) is 0 Å². The molecule has 0 aliphatic carbocycles. The lowest BCUT2D eigenvalue weighted by Gasteiger charge is -2.16. The van der Waals surface area contributed by atoms with Crippen molar-refractivity contribution >= 4 is 11.8 Å². The Balaban J connectivity index is 2.56. The number of aromatic hydroxyl groups is 1. The van der Waals surface area contributed by atoms with Crippen LogP contribution >= 0.6 is 11.8 Å². The lowest BCUT2D eigenvalue weighted by molar-refractivity contribution is 0.372. The van der Waals surface area contributed by atoms with Crippen LogP contribution in [0.15, 0.2) is 18.2 Å². The lowest BCUT2D eigenvalue weighted by Crippen LogP contribution is -2.30. The summed E-state index contributed by atoms with van der Waals surface area (Å²) >= 11 is 1.85. The van der Waals surface area contributed by atoms with Gasteiger partial charge in [-0.3, -0.25) is 0 Å². The Hall–Kier alpha value is -0.870. The first-order valence-electron chi connectivity index (χ1n) is 5.79. The van der Waals surface area contributed by atoms with Crippen LogP contribution in [0, 0.1) is 0 Å². The summed E-state index contributed by atoms with van der Waals surface area (Å²) in [6.07, 6.45) is 3.24. The van der Waals surface area contributed by atoms with Crippen molar-refractivity contribution in [3.8, 4) is 11.5 Å². The molecule has 0 aliphatic rings. The molecule has 0 bridgehead atoms. The van der Waals surface area contributed by atoms with E-state index >= 15 is 0 Å². The fourth-order valence-electron chi connectivity index (χ4n) is 1.62. The third-order valence-corrected chi connectivity index (χ3v) is 3.44. The van der Waals surface area contributed by atoms with E-state index in [0.29, 0.717) is 11.8 Å².